The molecule has 0 radical (unpaired) electrons. The highest BCUT2D eigenvalue weighted by atomic mass is 16.2. The van der Waals surface area contributed by atoms with Crippen LogP contribution in [0.3, 0.4) is 0 Å². The molecule has 2 nitrogen and oxygen atoms in total. The lowest BCUT2D eigenvalue weighted by Gasteiger charge is -2.28. The lowest BCUT2D eigenvalue weighted by Crippen LogP contribution is -2.30. The predicted molar refractivity (Wildman–Crippen MR) is 66.7 cm³/mol. The van der Waals surface area contributed by atoms with Crippen molar-refractivity contribution in [2.45, 2.75) is 19.9 Å². The van der Waals surface area contributed by atoms with Crippen molar-refractivity contribution in [1.29, 1.82) is 0 Å². The van der Waals surface area contributed by atoms with Gasteiger partial charge in [0.25, 0.3) is 5.91 Å². The van der Waals surface area contributed by atoms with Crippen molar-refractivity contribution in [3.8, 4) is 0 Å². The van der Waals surface area contributed by atoms with Crippen LogP contribution in [0.25, 0.3) is 0 Å². The predicted octanol–water partition coefficient (Wildman–Crippen LogP) is 3.30. The van der Waals surface area contributed by atoms with Crippen molar-refractivity contribution in [2.24, 2.45) is 0 Å². The Labute approximate surface area is 96.9 Å². The molecule has 1 aromatic rings. The Morgan fingerprint density at radius 3 is 2.38 bits per heavy atom. The largest absolute Gasteiger partial charge is 0.306 e. The third kappa shape index (κ3) is 2.60. The fourth-order valence-corrected chi connectivity index (χ4v) is 1.69. The number of carbonyl (C=O) groups is 1. The first kappa shape index (κ1) is 12.2. The Balaban J connectivity index is 3.01. The summed E-state index contributed by atoms with van der Waals surface area (Å²) in [6.45, 7) is 11.1. The smallest absolute Gasteiger partial charge is 0.250 e. The van der Waals surface area contributed by atoms with Gasteiger partial charge in [-0.3, -0.25) is 4.79 Å². The van der Waals surface area contributed by atoms with Crippen molar-refractivity contribution in [1.82, 2.24) is 4.90 Å². The number of nitrogens with zero attached hydrogens (tertiary/aromatic N) is 1. The first-order chi connectivity index (χ1) is 7.57. The minimum absolute atomic E-state index is 0.0239. The van der Waals surface area contributed by atoms with Crippen LogP contribution in [0, 0.1) is 0 Å². The summed E-state index contributed by atoms with van der Waals surface area (Å²) in [4.78, 5) is 13.4. The SMILES string of the molecule is C=CC(=O)N(C(=C)C)[C@H](C)c1ccccc1. The molecule has 2 heteroatoms. The molecule has 0 bridgehead atoms. The maximum Gasteiger partial charge on any atom is 0.250 e. The van der Waals surface area contributed by atoms with Crippen LogP contribution in [0.15, 0.2) is 55.3 Å². The second-order valence-corrected chi connectivity index (χ2v) is 3.73. The monoisotopic (exact) mass is 215 g/mol. The molecule has 0 aliphatic carbocycles. The van der Waals surface area contributed by atoms with Crippen molar-refractivity contribution < 1.29 is 4.79 Å². The summed E-state index contributed by atoms with van der Waals surface area (Å²) in [5.74, 6) is -0.121. The van der Waals surface area contributed by atoms with Gasteiger partial charge in [0.05, 0.1) is 6.04 Å². The second kappa shape index (κ2) is 5.31. The van der Waals surface area contributed by atoms with Gasteiger partial charge in [0.1, 0.15) is 0 Å². The Morgan fingerprint density at radius 1 is 1.38 bits per heavy atom. The van der Waals surface area contributed by atoms with Gasteiger partial charge in [-0.15, -0.1) is 0 Å². The maximum atomic E-state index is 11.7. The molecule has 0 aliphatic rings. The van der Waals surface area contributed by atoms with E-state index in [1.54, 1.807) is 4.90 Å². The van der Waals surface area contributed by atoms with Gasteiger partial charge < -0.3 is 4.90 Å². The average molecular weight is 215 g/mol. The molecule has 0 spiro atoms. The maximum absolute atomic E-state index is 11.7. The number of carbonyl (C=O) groups excluding carboxylic acids is 1. The topological polar surface area (TPSA) is 20.3 Å². The molecular weight excluding hydrogens is 198 g/mol. The molecule has 1 aromatic carbocycles. The number of hydrogen-bond donors (Lipinski definition) is 0. The third-order valence-electron chi connectivity index (χ3n) is 2.49. The zero-order valence-electron chi connectivity index (χ0n) is 9.81. The van der Waals surface area contributed by atoms with Crippen LogP contribution in [0.5, 0.6) is 0 Å². The molecule has 0 aliphatic heterocycles. The highest BCUT2D eigenvalue weighted by molar-refractivity contribution is 5.88. The van der Waals surface area contributed by atoms with Crippen molar-refractivity contribution >= 4 is 5.91 Å². The number of hydrogen-bond acceptors (Lipinski definition) is 1. The fourth-order valence-electron chi connectivity index (χ4n) is 1.69. The minimum atomic E-state index is -0.121. The van der Waals surface area contributed by atoms with Crippen molar-refractivity contribution in [2.75, 3.05) is 0 Å². The lowest BCUT2D eigenvalue weighted by molar-refractivity contribution is -0.125. The van der Waals surface area contributed by atoms with Crippen LogP contribution in [0.1, 0.15) is 25.5 Å². The van der Waals surface area contributed by atoms with Gasteiger partial charge in [-0.05, 0) is 25.5 Å². The van der Waals surface area contributed by atoms with E-state index < -0.39 is 0 Å². The molecule has 1 amide bonds. The van der Waals surface area contributed by atoms with Crippen molar-refractivity contribution in [3.05, 3.63) is 60.8 Å². The van der Waals surface area contributed by atoms with Crippen LogP contribution in [-0.2, 0) is 4.79 Å². The second-order valence-electron chi connectivity index (χ2n) is 3.73. The summed E-state index contributed by atoms with van der Waals surface area (Å²) in [6, 6.07) is 9.84. The zero-order chi connectivity index (χ0) is 12.1. The molecule has 0 fully saturated rings. The molecule has 0 saturated heterocycles. The van der Waals surface area contributed by atoms with E-state index in [4.69, 9.17) is 0 Å². The van der Waals surface area contributed by atoms with E-state index in [0.717, 1.165) is 11.3 Å². The van der Waals surface area contributed by atoms with Crippen LogP contribution < -0.4 is 0 Å². The first-order valence-electron chi connectivity index (χ1n) is 5.24. The number of allylic oxidation sites excluding steroid dienone is 1. The first-order valence-corrected chi connectivity index (χ1v) is 5.24. The number of amides is 1. The molecule has 0 unspecified atom stereocenters. The van der Waals surface area contributed by atoms with Crippen LogP contribution in [0.4, 0.5) is 0 Å². The van der Waals surface area contributed by atoms with Gasteiger partial charge in [0.15, 0.2) is 0 Å². The summed E-state index contributed by atoms with van der Waals surface area (Å²) in [5, 5.41) is 0. The quantitative estimate of drug-likeness (QED) is 0.706. The van der Waals surface area contributed by atoms with E-state index in [0.29, 0.717) is 0 Å². The minimum Gasteiger partial charge on any atom is -0.306 e. The highest BCUT2D eigenvalue weighted by Gasteiger charge is 2.19. The van der Waals surface area contributed by atoms with Gasteiger partial charge in [0, 0.05) is 5.70 Å². The molecular formula is C14H17NO. The summed E-state index contributed by atoms with van der Waals surface area (Å²) in [6.07, 6.45) is 1.31. The number of rotatable bonds is 4. The molecule has 1 rings (SSSR count). The normalized spacial score (nSPS) is 11.6. The van der Waals surface area contributed by atoms with E-state index in [2.05, 4.69) is 13.2 Å². The van der Waals surface area contributed by atoms with Gasteiger partial charge in [-0.2, -0.15) is 0 Å². The summed E-state index contributed by atoms with van der Waals surface area (Å²) in [7, 11) is 0. The van der Waals surface area contributed by atoms with Crippen LogP contribution >= 0.6 is 0 Å². The highest BCUT2D eigenvalue weighted by Crippen LogP contribution is 2.23. The van der Waals surface area contributed by atoms with E-state index in [9.17, 15) is 4.79 Å². The molecule has 16 heavy (non-hydrogen) atoms. The van der Waals surface area contributed by atoms with E-state index >= 15 is 0 Å². The van der Waals surface area contributed by atoms with Gasteiger partial charge in [0.2, 0.25) is 0 Å². The van der Waals surface area contributed by atoms with Gasteiger partial charge in [-0.25, -0.2) is 0 Å². The van der Waals surface area contributed by atoms with Crippen molar-refractivity contribution in [3.63, 3.8) is 0 Å². The molecule has 0 heterocycles. The van der Waals surface area contributed by atoms with Gasteiger partial charge in [-0.1, -0.05) is 43.5 Å². The van der Waals surface area contributed by atoms with Crippen LogP contribution in [-0.4, -0.2) is 10.8 Å². The van der Waals surface area contributed by atoms with E-state index in [-0.39, 0.29) is 11.9 Å². The summed E-state index contributed by atoms with van der Waals surface area (Å²) >= 11 is 0. The van der Waals surface area contributed by atoms with Gasteiger partial charge >= 0.3 is 0 Å². The Kier molecular flexibility index (Phi) is 4.06. The van der Waals surface area contributed by atoms with E-state index in [1.807, 2.05) is 44.2 Å². The fraction of sp³-hybridized carbons (Fsp3) is 0.214. The lowest BCUT2D eigenvalue weighted by atomic mass is 10.1. The Morgan fingerprint density at radius 2 is 1.94 bits per heavy atom. The molecule has 0 aromatic heterocycles. The Bertz CT molecular complexity index is 394. The van der Waals surface area contributed by atoms with E-state index in [1.165, 1.54) is 6.08 Å². The molecule has 0 saturated carbocycles. The molecule has 1 atom stereocenters. The third-order valence-corrected chi connectivity index (χ3v) is 2.49. The summed E-state index contributed by atoms with van der Waals surface area (Å²) < 4.78 is 0. The van der Waals surface area contributed by atoms with Crippen LogP contribution in [0.2, 0.25) is 0 Å². The zero-order valence-corrected chi connectivity index (χ0v) is 9.81. The Hall–Kier alpha value is -1.83. The molecule has 0 N–H and O–H groups in total. The standard InChI is InChI=1S/C14H17NO/c1-5-14(16)15(11(2)3)12(4)13-9-7-6-8-10-13/h5-10,12H,1-2H2,3-4H3/t12-/m1/s1. The number of benzene rings is 1. The average Bonchev–Trinajstić information content (AvgIpc) is 2.29. The summed E-state index contributed by atoms with van der Waals surface area (Å²) in [5.41, 5.74) is 1.81. The molecule has 84 valence electrons.